The maximum Gasteiger partial charge on any atom is 0.0492 e. The standard InChI is InChI=1S/C17H23N/c1-12(15-8-6-5-7-9-15)10-16-11-17(16)13(2)14(3)18-4/h5-10,13-14,16-17H,4,11H2,1-3H3. The van der Waals surface area contributed by atoms with E-state index in [1.54, 1.807) is 0 Å². The van der Waals surface area contributed by atoms with Crippen molar-refractivity contribution in [1.82, 2.24) is 0 Å². The molecule has 0 N–H and O–H groups in total. The number of hydrogen-bond acceptors (Lipinski definition) is 1. The van der Waals surface area contributed by atoms with Crippen LogP contribution in [0.25, 0.3) is 5.57 Å². The summed E-state index contributed by atoms with van der Waals surface area (Å²) in [7, 11) is 0. The van der Waals surface area contributed by atoms with Crippen LogP contribution < -0.4 is 0 Å². The zero-order valence-electron chi connectivity index (χ0n) is 11.6. The second kappa shape index (κ2) is 5.51. The molecule has 1 aliphatic rings. The van der Waals surface area contributed by atoms with Gasteiger partial charge in [0.25, 0.3) is 0 Å². The van der Waals surface area contributed by atoms with Crippen LogP contribution in [-0.4, -0.2) is 12.8 Å². The Morgan fingerprint density at radius 2 is 2.00 bits per heavy atom. The fraction of sp³-hybridized carbons (Fsp3) is 0.471. The first-order valence-electron chi connectivity index (χ1n) is 6.83. The van der Waals surface area contributed by atoms with Crippen LogP contribution in [0.2, 0.25) is 0 Å². The summed E-state index contributed by atoms with van der Waals surface area (Å²) in [6.45, 7) is 10.3. The highest BCUT2D eigenvalue weighted by molar-refractivity contribution is 5.64. The Morgan fingerprint density at radius 3 is 2.61 bits per heavy atom. The van der Waals surface area contributed by atoms with Gasteiger partial charge in [0.15, 0.2) is 0 Å². The monoisotopic (exact) mass is 241 g/mol. The van der Waals surface area contributed by atoms with Crippen molar-refractivity contribution < 1.29 is 0 Å². The molecule has 0 radical (unpaired) electrons. The van der Waals surface area contributed by atoms with E-state index in [0.717, 1.165) is 11.8 Å². The van der Waals surface area contributed by atoms with Gasteiger partial charge in [-0.05, 0) is 55.9 Å². The summed E-state index contributed by atoms with van der Waals surface area (Å²) >= 11 is 0. The van der Waals surface area contributed by atoms with E-state index in [-0.39, 0.29) is 0 Å². The highest BCUT2D eigenvalue weighted by Crippen LogP contribution is 2.47. The van der Waals surface area contributed by atoms with Gasteiger partial charge in [0.1, 0.15) is 0 Å². The quantitative estimate of drug-likeness (QED) is 0.675. The average Bonchev–Trinajstić information content (AvgIpc) is 3.17. The first-order chi connectivity index (χ1) is 8.63. The van der Waals surface area contributed by atoms with E-state index in [1.165, 1.54) is 17.6 Å². The maximum atomic E-state index is 4.15. The number of hydrogen-bond donors (Lipinski definition) is 0. The average molecular weight is 241 g/mol. The minimum absolute atomic E-state index is 0.380. The van der Waals surface area contributed by atoms with Crippen molar-refractivity contribution in [2.24, 2.45) is 22.7 Å². The number of benzene rings is 1. The van der Waals surface area contributed by atoms with Gasteiger partial charge < -0.3 is 0 Å². The van der Waals surface area contributed by atoms with Gasteiger partial charge in [-0.15, -0.1) is 0 Å². The zero-order chi connectivity index (χ0) is 13.1. The third-order valence-electron chi connectivity index (χ3n) is 4.31. The van der Waals surface area contributed by atoms with Gasteiger partial charge in [0.05, 0.1) is 0 Å². The summed E-state index contributed by atoms with van der Waals surface area (Å²) in [5, 5.41) is 0. The second-order valence-corrected chi connectivity index (χ2v) is 5.56. The van der Waals surface area contributed by atoms with Crippen molar-refractivity contribution in [1.29, 1.82) is 0 Å². The molecule has 0 bridgehead atoms. The molecule has 1 saturated carbocycles. The number of aliphatic imine (C=N–C) groups is 1. The van der Waals surface area contributed by atoms with Crippen LogP contribution >= 0.6 is 0 Å². The normalized spacial score (nSPS) is 26.5. The van der Waals surface area contributed by atoms with Gasteiger partial charge in [-0.3, -0.25) is 4.99 Å². The van der Waals surface area contributed by atoms with E-state index in [2.05, 4.69) is 68.9 Å². The van der Waals surface area contributed by atoms with E-state index < -0.39 is 0 Å². The lowest BCUT2D eigenvalue weighted by Crippen LogP contribution is -2.13. The Morgan fingerprint density at radius 1 is 1.33 bits per heavy atom. The summed E-state index contributed by atoms with van der Waals surface area (Å²) < 4.78 is 0. The molecule has 0 saturated heterocycles. The van der Waals surface area contributed by atoms with Crippen LogP contribution in [0.5, 0.6) is 0 Å². The van der Waals surface area contributed by atoms with Crippen molar-refractivity contribution in [2.45, 2.75) is 33.2 Å². The Balaban J connectivity index is 1.98. The minimum Gasteiger partial charge on any atom is -0.298 e. The van der Waals surface area contributed by atoms with Gasteiger partial charge in [0, 0.05) is 6.04 Å². The maximum absolute atomic E-state index is 4.15. The molecule has 4 atom stereocenters. The molecule has 1 fully saturated rings. The fourth-order valence-corrected chi connectivity index (χ4v) is 2.67. The summed E-state index contributed by atoms with van der Waals surface area (Å²) in [6, 6.07) is 11.0. The molecule has 2 rings (SSSR count). The molecule has 0 amide bonds. The lowest BCUT2D eigenvalue weighted by Gasteiger charge is -2.14. The van der Waals surface area contributed by atoms with E-state index >= 15 is 0 Å². The second-order valence-electron chi connectivity index (χ2n) is 5.56. The minimum atomic E-state index is 0.380. The number of nitrogens with zero attached hydrogens (tertiary/aromatic N) is 1. The van der Waals surface area contributed by atoms with Crippen molar-refractivity contribution in [3.63, 3.8) is 0 Å². The topological polar surface area (TPSA) is 12.4 Å². The summed E-state index contributed by atoms with van der Waals surface area (Å²) in [4.78, 5) is 4.15. The first-order valence-corrected chi connectivity index (χ1v) is 6.83. The predicted molar refractivity (Wildman–Crippen MR) is 79.9 cm³/mol. The molecule has 0 spiro atoms. The van der Waals surface area contributed by atoms with Crippen LogP contribution in [0.1, 0.15) is 32.8 Å². The Kier molecular flexibility index (Phi) is 4.00. The van der Waals surface area contributed by atoms with Gasteiger partial charge in [-0.1, -0.05) is 43.3 Å². The molecule has 4 unspecified atom stereocenters. The summed E-state index contributed by atoms with van der Waals surface area (Å²) in [5.74, 6) is 2.18. The molecule has 0 aliphatic heterocycles. The number of allylic oxidation sites excluding steroid dienone is 2. The molecule has 1 heteroatoms. The SMILES string of the molecule is C=NC(C)C(C)C1CC1C=C(C)c1ccccc1. The molecule has 1 nitrogen and oxygen atoms in total. The molecule has 96 valence electrons. The molecule has 0 heterocycles. The lowest BCUT2D eigenvalue weighted by atomic mass is 9.96. The zero-order valence-corrected chi connectivity index (χ0v) is 11.6. The number of rotatable bonds is 5. The van der Waals surface area contributed by atoms with Gasteiger partial charge >= 0.3 is 0 Å². The molecular weight excluding hydrogens is 218 g/mol. The first kappa shape index (κ1) is 13.1. The lowest BCUT2D eigenvalue weighted by molar-refractivity contribution is 0.421. The predicted octanol–water partition coefficient (Wildman–Crippen LogP) is 4.45. The van der Waals surface area contributed by atoms with Crippen molar-refractivity contribution >= 4 is 12.3 Å². The Bertz CT molecular complexity index is 432. The molecule has 0 aromatic heterocycles. The van der Waals surface area contributed by atoms with Crippen LogP contribution in [0.3, 0.4) is 0 Å². The molecule has 1 aromatic carbocycles. The molecule has 1 aliphatic carbocycles. The van der Waals surface area contributed by atoms with Gasteiger partial charge in [-0.2, -0.15) is 0 Å². The summed E-state index contributed by atoms with van der Waals surface area (Å²) in [6.07, 6.45) is 3.75. The van der Waals surface area contributed by atoms with Crippen molar-refractivity contribution in [3.05, 3.63) is 42.0 Å². The smallest absolute Gasteiger partial charge is 0.0492 e. The van der Waals surface area contributed by atoms with Crippen LogP contribution in [-0.2, 0) is 0 Å². The van der Waals surface area contributed by atoms with E-state index in [1.807, 2.05) is 0 Å². The van der Waals surface area contributed by atoms with Gasteiger partial charge in [0.2, 0.25) is 0 Å². The fourth-order valence-electron chi connectivity index (χ4n) is 2.67. The highest BCUT2D eigenvalue weighted by atomic mass is 14.8. The highest BCUT2D eigenvalue weighted by Gasteiger charge is 2.41. The van der Waals surface area contributed by atoms with Crippen molar-refractivity contribution in [3.8, 4) is 0 Å². The van der Waals surface area contributed by atoms with Crippen LogP contribution in [0, 0.1) is 17.8 Å². The van der Waals surface area contributed by atoms with Crippen LogP contribution in [0.4, 0.5) is 0 Å². The van der Waals surface area contributed by atoms with Gasteiger partial charge in [-0.25, -0.2) is 0 Å². The van der Waals surface area contributed by atoms with Crippen molar-refractivity contribution in [2.75, 3.05) is 0 Å². The molecule has 1 aromatic rings. The Hall–Kier alpha value is -1.37. The van der Waals surface area contributed by atoms with E-state index in [9.17, 15) is 0 Å². The van der Waals surface area contributed by atoms with E-state index in [0.29, 0.717) is 12.0 Å². The molecule has 18 heavy (non-hydrogen) atoms. The van der Waals surface area contributed by atoms with E-state index in [4.69, 9.17) is 0 Å². The molecular formula is C17H23N. The van der Waals surface area contributed by atoms with Crippen LogP contribution in [0.15, 0.2) is 41.4 Å². The third kappa shape index (κ3) is 2.90. The third-order valence-corrected chi connectivity index (χ3v) is 4.31. The Labute approximate surface area is 111 Å². The summed E-state index contributed by atoms with van der Waals surface area (Å²) in [5.41, 5.74) is 2.74. The largest absolute Gasteiger partial charge is 0.298 e.